The van der Waals surface area contributed by atoms with E-state index in [2.05, 4.69) is 0 Å². The number of carbonyl (C=O) groups excluding carboxylic acids is 2. The molecule has 0 aliphatic carbocycles. The van der Waals surface area contributed by atoms with Crippen molar-refractivity contribution < 1.29 is 19.1 Å². The molecule has 0 saturated heterocycles. The van der Waals surface area contributed by atoms with Crippen molar-refractivity contribution in [3.8, 4) is 5.75 Å². The molecule has 5 nitrogen and oxygen atoms in total. The van der Waals surface area contributed by atoms with Gasteiger partial charge in [-0.25, -0.2) is 4.79 Å². The van der Waals surface area contributed by atoms with Gasteiger partial charge in [0.25, 0.3) is 5.91 Å². The molecule has 1 aliphatic rings. The standard InChI is InChI=1S/C15H13Cl2NO4/c1-3-22-15(20)11-8-12(19)18(13(11)14(16)17)9-4-6-10(21-2)7-5-9/h4-8H,3H2,1-2H3. The molecule has 0 aromatic heterocycles. The Morgan fingerprint density at radius 3 is 2.36 bits per heavy atom. The summed E-state index contributed by atoms with van der Waals surface area (Å²) in [6.45, 7) is 1.85. The molecule has 7 heteroatoms. The lowest BCUT2D eigenvalue weighted by Crippen LogP contribution is -2.25. The fraction of sp³-hybridized carbons (Fsp3) is 0.200. The summed E-state index contributed by atoms with van der Waals surface area (Å²) in [6.07, 6.45) is 1.16. The van der Waals surface area contributed by atoms with Gasteiger partial charge in [-0.05, 0) is 31.2 Å². The zero-order chi connectivity index (χ0) is 16.3. The molecule has 1 aromatic carbocycles. The van der Waals surface area contributed by atoms with E-state index >= 15 is 0 Å². The van der Waals surface area contributed by atoms with Crippen LogP contribution in [0.5, 0.6) is 5.75 Å². The zero-order valence-corrected chi connectivity index (χ0v) is 13.4. The van der Waals surface area contributed by atoms with Crippen LogP contribution in [0.1, 0.15) is 6.92 Å². The van der Waals surface area contributed by atoms with Crippen LogP contribution in [-0.4, -0.2) is 25.6 Å². The normalized spacial score (nSPS) is 14.0. The first kappa shape index (κ1) is 16.4. The number of rotatable bonds is 4. The van der Waals surface area contributed by atoms with Gasteiger partial charge < -0.3 is 9.47 Å². The largest absolute Gasteiger partial charge is 0.497 e. The monoisotopic (exact) mass is 341 g/mol. The second-order valence-electron chi connectivity index (χ2n) is 4.26. The van der Waals surface area contributed by atoms with Crippen LogP contribution in [0.4, 0.5) is 5.69 Å². The van der Waals surface area contributed by atoms with Gasteiger partial charge in [0.15, 0.2) is 0 Å². The van der Waals surface area contributed by atoms with Gasteiger partial charge in [0, 0.05) is 11.8 Å². The zero-order valence-electron chi connectivity index (χ0n) is 11.9. The maximum absolute atomic E-state index is 12.2. The van der Waals surface area contributed by atoms with Crippen molar-refractivity contribution >= 4 is 40.8 Å². The third kappa shape index (κ3) is 3.10. The Balaban J connectivity index is 2.42. The molecule has 1 amide bonds. The minimum absolute atomic E-state index is 0.0302. The predicted octanol–water partition coefficient (Wildman–Crippen LogP) is 3.18. The highest BCUT2D eigenvalue weighted by atomic mass is 35.5. The topological polar surface area (TPSA) is 55.8 Å². The molecule has 1 aromatic rings. The average molecular weight is 342 g/mol. The van der Waals surface area contributed by atoms with Gasteiger partial charge in [-0.3, -0.25) is 9.69 Å². The summed E-state index contributed by atoms with van der Waals surface area (Å²) in [4.78, 5) is 25.4. The minimum atomic E-state index is -0.652. The number of amides is 1. The second-order valence-corrected chi connectivity index (χ2v) is 5.21. The second kappa shape index (κ2) is 6.85. The van der Waals surface area contributed by atoms with Crippen molar-refractivity contribution in [1.82, 2.24) is 0 Å². The fourth-order valence-corrected chi connectivity index (χ4v) is 2.40. The van der Waals surface area contributed by atoms with Gasteiger partial charge in [-0.2, -0.15) is 0 Å². The van der Waals surface area contributed by atoms with Crippen LogP contribution in [0.3, 0.4) is 0 Å². The molecule has 1 heterocycles. The molecule has 0 bridgehead atoms. The van der Waals surface area contributed by atoms with Gasteiger partial charge in [-0.15, -0.1) is 0 Å². The van der Waals surface area contributed by atoms with E-state index in [4.69, 9.17) is 32.7 Å². The number of halogens is 2. The molecule has 0 fully saturated rings. The average Bonchev–Trinajstić information content (AvgIpc) is 2.85. The van der Waals surface area contributed by atoms with E-state index in [0.29, 0.717) is 11.4 Å². The summed E-state index contributed by atoms with van der Waals surface area (Å²) < 4.78 is 9.79. The van der Waals surface area contributed by atoms with Crippen molar-refractivity contribution in [2.45, 2.75) is 6.92 Å². The first-order chi connectivity index (χ1) is 10.5. The highest BCUT2D eigenvalue weighted by Crippen LogP contribution is 2.35. The van der Waals surface area contributed by atoms with Gasteiger partial charge >= 0.3 is 5.97 Å². The molecule has 116 valence electrons. The molecule has 0 N–H and O–H groups in total. The molecular formula is C15H13Cl2NO4. The van der Waals surface area contributed by atoms with E-state index in [0.717, 1.165) is 6.08 Å². The predicted molar refractivity (Wildman–Crippen MR) is 83.9 cm³/mol. The molecular weight excluding hydrogens is 329 g/mol. The molecule has 2 rings (SSSR count). The maximum Gasteiger partial charge on any atom is 0.340 e. The van der Waals surface area contributed by atoms with E-state index in [1.165, 1.54) is 12.0 Å². The quantitative estimate of drug-likeness (QED) is 0.789. The Labute approximate surface area is 137 Å². The third-order valence-corrected chi connectivity index (χ3v) is 3.33. The number of nitrogens with zero attached hydrogens (tertiary/aromatic N) is 1. The van der Waals surface area contributed by atoms with E-state index in [1.807, 2.05) is 0 Å². The van der Waals surface area contributed by atoms with Crippen molar-refractivity contribution in [2.75, 3.05) is 18.6 Å². The number of hydrogen-bond acceptors (Lipinski definition) is 4. The Bertz CT molecular complexity index is 661. The van der Waals surface area contributed by atoms with Gasteiger partial charge in [0.2, 0.25) is 0 Å². The molecule has 0 radical (unpaired) electrons. The smallest absolute Gasteiger partial charge is 0.340 e. The van der Waals surface area contributed by atoms with Crippen molar-refractivity contribution in [3.63, 3.8) is 0 Å². The van der Waals surface area contributed by atoms with Crippen molar-refractivity contribution in [3.05, 3.63) is 46.1 Å². The summed E-state index contributed by atoms with van der Waals surface area (Å²) in [6, 6.07) is 6.69. The Hall–Kier alpha value is -1.98. The summed E-state index contributed by atoms with van der Waals surface area (Å²) >= 11 is 11.7. The summed E-state index contributed by atoms with van der Waals surface area (Å²) in [7, 11) is 1.54. The summed E-state index contributed by atoms with van der Waals surface area (Å²) in [5, 5.41) is 0. The summed E-state index contributed by atoms with van der Waals surface area (Å²) in [5.74, 6) is -0.445. The molecule has 0 unspecified atom stereocenters. The van der Waals surface area contributed by atoms with E-state index in [-0.39, 0.29) is 22.4 Å². The van der Waals surface area contributed by atoms with Crippen LogP contribution in [-0.2, 0) is 14.3 Å². The Morgan fingerprint density at radius 2 is 1.86 bits per heavy atom. The van der Waals surface area contributed by atoms with Crippen LogP contribution in [0, 0.1) is 0 Å². The van der Waals surface area contributed by atoms with Gasteiger partial charge in [-0.1, -0.05) is 23.2 Å². The van der Waals surface area contributed by atoms with Gasteiger partial charge in [0.05, 0.1) is 25.0 Å². The van der Waals surface area contributed by atoms with E-state index in [9.17, 15) is 9.59 Å². The maximum atomic E-state index is 12.2. The Morgan fingerprint density at radius 1 is 1.23 bits per heavy atom. The molecule has 0 saturated carbocycles. The van der Waals surface area contributed by atoms with E-state index in [1.54, 1.807) is 31.2 Å². The molecule has 0 spiro atoms. The highest BCUT2D eigenvalue weighted by molar-refractivity contribution is 6.57. The molecule has 0 atom stereocenters. The number of methoxy groups -OCH3 is 1. The molecule has 22 heavy (non-hydrogen) atoms. The van der Waals surface area contributed by atoms with E-state index < -0.39 is 11.9 Å². The number of esters is 1. The SMILES string of the molecule is CCOC(=O)C1=CC(=O)N(c2ccc(OC)cc2)C1=C(Cl)Cl. The number of carbonyl (C=O) groups is 2. The molecule has 1 aliphatic heterocycles. The highest BCUT2D eigenvalue weighted by Gasteiger charge is 2.35. The van der Waals surface area contributed by atoms with Gasteiger partial charge in [0.1, 0.15) is 10.2 Å². The Kier molecular flexibility index (Phi) is 5.11. The lowest BCUT2D eigenvalue weighted by Gasteiger charge is -2.20. The first-order valence-corrected chi connectivity index (χ1v) is 7.17. The van der Waals surface area contributed by atoms with Crippen LogP contribution in [0.25, 0.3) is 0 Å². The summed E-state index contributed by atoms with van der Waals surface area (Å²) in [5.41, 5.74) is 0.648. The number of anilines is 1. The fourth-order valence-electron chi connectivity index (χ4n) is 2.03. The van der Waals surface area contributed by atoms with Crippen LogP contribution < -0.4 is 9.64 Å². The minimum Gasteiger partial charge on any atom is -0.497 e. The van der Waals surface area contributed by atoms with Crippen LogP contribution in [0.2, 0.25) is 0 Å². The lowest BCUT2D eigenvalue weighted by molar-refractivity contribution is -0.138. The van der Waals surface area contributed by atoms with Crippen molar-refractivity contribution in [1.29, 1.82) is 0 Å². The third-order valence-electron chi connectivity index (χ3n) is 2.97. The van der Waals surface area contributed by atoms with Crippen LogP contribution in [0.15, 0.2) is 46.1 Å². The number of hydrogen-bond donors (Lipinski definition) is 0. The number of benzene rings is 1. The first-order valence-electron chi connectivity index (χ1n) is 6.42. The number of ether oxygens (including phenoxy) is 2. The van der Waals surface area contributed by atoms with Crippen molar-refractivity contribution in [2.24, 2.45) is 0 Å². The van der Waals surface area contributed by atoms with Crippen LogP contribution >= 0.6 is 23.2 Å². The lowest BCUT2D eigenvalue weighted by atomic mass is 10.2.